The Morgan fingerprint density at radius 1 is 1.30 bits per heavy atom. The molecule has 3 heterocycles. The minimum Gasteiger partial charge on any atom is -0.355 e. The Morgan fingerprint density at radius 3 is 2.76 bits per heavy atom. The Morgan fingerprint density at radius 2 is 2.06 bits per heavy atom. The van der Waals surface area contributed by atoms with Crippen LogP contribution in [0.5, 0.6) is 0 Å². The van der Waals surface area contributed by atoms with E-state index in [1.165, 1.54) is 5.56 Å². The second-order valence-corrected chi connectivity index (χ2v) is 11.4. The van der Waals surface area contributed by atoms with Gasteiger partial charge < -0.3 is 10.2 Å². The van der Waals surface area contributed by atoms with Crippen molar-refractivity contribution in [3.8, 4) is 0 Å². The lowest BCUT2D eigenvalue weighted by Crippen LogP contribution is -2.46. The highest BCUT2D eigenvalue weighted by Gasteiger charge is 2.42. The van der Waals surface area contributed by atoms with Gasteiger partial charge in [0.15, 0.2) is 0 Å². The molecule has 2 unspecified atom stereocenters. The first-order valence-electron chi connectivity index (χ1n) is 11.3. The summed E-state index contributed by atoms with van der Waals surface area (Å²) in [6.07, 6.45) is 4.43. The molecule has 2 aromatic heterocycles. The van der Waals surface area contributed by atoms with Crippen molar-refractivity contribution in [2.75, 3.05) is 23.3 Å². The molecule has 0 aromatic carbocycles. The van der Waals surface area contributed by atoms with Gasteiger partial charge in [0, 0.05) is 54.3 Å². The summed E-state index contributed by atoms with van der Waals surface area (Å²) in [5.74, 6) is 1.20. The van der Waals surface area contributed by atoms with Crippen LogP contribution in [-0.2, 0) is 12.8 Å². The minimum atomic E-state index is -2.65. The SMILES string of the molecule is C=C(Nc1ccnc(S(=C)N)c1)c1cc2c(nc1N1CCC(F)(F)C(C)C1)CC(C)(C)CC2. The van der Waals surface area contributed by atoms with E-state index in [0.29, 0.717) is 10.7 Å². The van der Waals surface area contributed by atoms with Gasteiger partial charge >= 0.3 is 0 Å². The van der Waals surface area contributed by atoms with Crippen molar-refractivity contribution in [3.05, 3.63) is 47.8 Å². The van der Waals surface area contributed by atoms with E-state index in [-0.39, 0.29) is 24.9 Å². The lowest BCUT2D eigenvalue weighted by atomic mass is 9.76. The number of halogens is 2. The van der Waals surface area contributed by atoms with Gasteiger partial charge in [0.1, 0.15) is 10.8 Å². The van der Waals surface area contributed by atoms with Gasteiger partial charge in [-0.3, -0.25) is 5.14 Å². The maximum absolute atomic E-state index is 14.2. The molecular weight excluding hydrogens is 440 g/mol. The molecule has 5 nitrogen and oxygen atoms in total. The van der Waals surface area contributed by atoms with E-state index in [2.05, 4.69) is 42.7 Å². The number of piperidine rings is 1. The molecule has 1 fully saturated rings. The molecule has 3 N–H and O–H groups in total. The summed E-state index contributed by atoms with van der Waals surface area (Å²) >= 11 is 0. The molecule has 0 amide bonds. The van der Waals surface area contributed by atoms with Crippen LogP contribution in [0.3, 0.4) is 0 Å². The zero-order valence-electron chi connectivity index (χ0n) is 19.6. The van der Waals surface area contributed by atoms with E-state index in [1.54, 1.807) is 13.1 Å². The first-order valence-corrected chi connectivity index (χ1v) is 12.8. The van der Waals surface area contributed by atoms with Gasteiger partial charge in [-0.25, -0.2) is 18.7 Å². The molecule has 178 valence electrons. The average Bonchev–Trinajstić information content (AvgIpc) is 2.74. The zero-order chi connectivity index (χ0) is 24.0. The molecule has 2 aromatic rings. The van der Waals surface area contributed by atoms with Crippen LogP contribution in [0, 0.1) is 11.3 Å². The largest absolute Gasteiger partial charge is 0.355 e. The molecule has 0 bridgehead atoms. The maximum atomic E-state index is 14.2. The Kier molecular flexibility index (Phi) is 6.35. The number of hydrogen-bond donors (Lipinski definition) is 2. The van der Waals surface area contributed by atoms with E-state index < -0.39 is 22.5 Å². The number of pyridine rings is 2. The number of anilines is 2. The molecule has 0 radical (unpaired) electrons. The first kappa shape index (κ1) is 23.8. The number of aryl methyl sites for hydroxylation is 1. The van der Waals surface area contributed by atoms with E-state index >= 15 is 0 Å². The third-order valence-corrected chi connectivity index (χ3v) is 7.50. The summed E-state index contributed by atoms with van der Waals surface area (Å²) in [4.78, 5) is 11.3. The summed E-state index contributed by atoms with van der Waals surface area (Å²) in [5.41, 5.74) is 4.79. The number of nitrogens with two attached hydrogens (primary N) is 1. The zero-order valence-corrected chi connectivity index (χ0v) is 20.4. The predicted octanol–water partition coefficient (Wildman–Crippen LogP) is 5.49. The predicted molar refractivity (Wildman–Crippen MR) is 135 cm³/mol. The summed E-state index contributed by atoms with van der Waals surface area (Å²) in [6.45, 7) is 10.9. The first-order chi connectivity index (χ1) is 15.4. The molecular formula is C25H33F2N5S. The van der Waals surface area contributed by atoms with Crippen molar-refractivity contribution in [1.82, 2.24) is 9.97 Å². The number of nitrogens with zero attached hydrogens (tertiary/aromatic N) is 3. The number of nitrogens with one attached hydrogen (secondary N) is 1. The quantitative estimate of drug-likeness (QED) is 0.562. The number of alkyl halides is 2. The fourth-order valence-electron chi connectivity index (χ4n) is 4.58. The molecule has 1 aliphatic carbocycles. The van der Waals surface area contributed by atoms with Gasteiger partial charge in [0.2, 0.25) is 0 Å². The van der Waals surface area contributed by atoms with Crippen LogP contribution in [0.1, 0.15) is 50.4 Å². The number of fused-ring (bicyclic) bond motifs is 1. The Bertz CT molecular complexity index is 1100. The van der Waals surface area contributed by atoms with Gasteiger partial charge in [0.25, 0.3) is 5.92 Å². The third-order valence-electron chi connectivity index (χ3n) is 6.74. The minimum absolute atomic E-state index is 0.173. The number of aromatic nitrogens is 2. The number of hydrogen-bond acceptors (Lipinski definition) is 5. The second-order valence-electron chi connectivity index (χ2n) is 10.1. The van der Waals surface area contributed by atoms with Gasteiger partial charge in [0.05, 0.1) is 0 Å². The summed E-state index contributed by atoms with van der Waals surface area (Å²) in [6, 6.07) is 5.86. The summed E-state index contributed by atoms with van der Waals surface area (Å²) in [7, 11) is -0.700. The smallest absolute Gasteiger partial charge is 0.254 e. The van der Waals surface area contributed by atoms with Crippen molar-refractivity contribution in [2.24, 2.45) is 16.5 Å². The van der Waals surface area contributed by atoms with Crippen molar-refractivity contribution in [3.63, 3.8) is 0 Å². The van der Waals surface area contributed by atoms with Crippen molar-refractivity contribution >= 4 is 33.7 Å². The van der Waals surface area contributed by atoms with Crippen LogP contribution >= 0.6 is 10.7 Å². The lowest BCUT2D eigenvalue weighted by molar-refractivity contribution is -0.0652. The van der Waals surface area contributed by atoms with Crippen LogP contribution in [-0.4, -0.2) is 34.9 Å². The fraction of sp³-hybridized carbons (Fsp3) is 0.480. The monoisotopic (exact) mass is 473 g/mol. The topological polar surface area (TPSA) is 67.1 Å². The lowest BCUT2D eigenvalue weighted by Gasteiger charge is -2.39. The Labute approximate surface area is 197 Å². The van der Waals surface area contributed by atoms with Crippen molar-refractivity contribution < 1.29 is 8.78 Å². The van der Waals surface area contributed by atoms with Crippen LogP contribution in [0.2, 0.25) is 0 Å². The van der Waals surface area contributed by atoms with Gasteiger partial charge in [-0.05, 0) is 48.4 Å². The molecule has 2 aliphatic rings. The normalized spacial score (nSPS) is 22.4. The van der Waals surface area contributed by atoms with Crippen LogP contribution < -0.4 is 15.4 Å². The Balaban J connectivity index is 1.71. The van der Waals surface area contributed by atoms with E-state index in [4.69, 9.17) is 10.1 Å². The van der Waals surface area contributed by atoms with Gasteiger partial charge in [-0.1, -0.05) is 43.9 Å². The molecule has 4 rings (SSSR count). The highest BCUT2D eigenvalue weighted by Crippen LogP contribution is 2.40. The van der Waals surface area contributed by atoms with Crippen molar-refractivity contribution in [2.45, 2.75) is 57.4 Å². The van der Waals surface area contributed by atoms with E-state index in [0.717, 1.165) is 42.0 Å². The van der Waals surface area contributed by atoms with Crippen molar-refractivity contribution in [1.29, 1.82) is 0 Å². The van der Waals surface area contributed by atoms with Gasteiger partial charge in [-0.15, -0.1) is 0 Å². The Hall–Kier alpha value is -2.32. The fourth-order valence-corrected chi connectivity index (χ4v) is 5.05. The third kappa shape index (κ3) is 5.11. The second kappa shape index (κ2) is 8.80. The molecule has 33 heavy (non-hydrogen) atoms. The van der Waals surface area contributed by atoms with Crippen LogP contribution in [0.15, 0.2) is 36.0 Å². The molecule has 2 atom stereocenters. The highest BCUT2D eigenvalue weighted by atomic mass is 32.2. The standard InChI is InChI=1S/C25H33F2N5S/c1-16-15-32(11-9-25(16,26)27)23-20(12-18-6-8-24(3,4)14-21(18)31-23)17(2)30-19-7-10-29-22(13-19)33(5)28/h7,10,12-13,16H,2,5-6,8-9,11,14-15,28H2,1,3-4H3,(H,29,30). The summed E-state index contributed by atoms with van der Waals surface area (Å²) in [5, 5.41) is 9.96. The summed E-state index contributed by atoms with van der Waals surface area (Å²) < 4.78 is 28.4. The van der Waals surface area contributed by atoms with Gasteiger partial charge in [-0.2, -0.15) is 0 Å². The molecule has 8 heteroatoms. The molecule has 0 saturated carbocycles. The molecule has 1 saturated heterocycles. The molecule has 1 aliphatic heterocycles. The van der Waals surface area contributed by atoms with E-state index in [9.17, 15) is 8.78 Å². The average molecular weight is 474 g/mol. The maximum Gasteiger partial charge on any atom is 0.254 e. The van der Waals surface area contributed by atoms with E-state index in [1.807, 2.05) is 17.0 Å². The number of rotatable bonds is 5. The van der Waals surface area contributed by atoms with Crippen LogP contribution in [0.25, 0.3) is 5.70 Å². The molecule has 0 spiro atoms. The van der Waals surface area contributed by atoms with Crippen LogP contribution in [0.4, 0.5) is 20.3 Å². The highest BCUT2D eigenvalue weighted by molar-refractivity contribution is 8.12.